The Balaban J connectivity index is 2.65. The molecule has 1 heterocycles. The molecule has 98 valence electrons. The molecule has 0 fully saturated rings. The Morgan fingerprint density at radius 3 is 2.61 bits per heavy atom. The first-order chi connectivity index (χ1) is 8.45. The zero-order valence-electron chi connectivity index (χ0n) is 11.4. The first-order valence-electron chi connectivity index (χ1n) is 6.36. The maximum absolute atomic E-state index is 6.09. The fourth-order valence-electron chi connectivity index (χ4n) is 2.32. The summed E-state index contributed by atoms with van der Waals surface area (Å²) in [6, 6.07) is 6.36. The van der Waals surface area contributed by atoms with Gasteiger partial charge in [-0.15, -0.1) is 0 Å². The quantitative estimate of drug-likeness (QED) is 0.822. The third kappa shape index (κ3) is 2.57. The fourth-order valence-corrected chi connectivity index (χ4v) is 2.93. The van der Waals surface area contributed by atoms with E-state index in [1.165, 1.54) is 14.5 Å². The Hall–Kier alpha value is -0.550. The van der Waals surface area contributed by atoms with Gasteiger partial charge >= 0.3 is 0 Å². The summed E-state index contributed by atoms with van der Waals surface area (Å²) in [6.07, 6.45) is 0. The molecule has 0 unspecified atom stereocenters. The van der Waals surface area contributed by atoms with E-state index in [-0.39, 0.29) is 5.41 Å². The Labute approximate surface area is 122 Å². The largest absolute Gasteiger partial charge is 0.458 e. The van der Waals surface area contributed by atoms with Crippen molar-refractivity contribution in [2.45, 2.75) is 39.7 Å². The Bertz CT molecular complexity index is 551. The molecule has 0 aliphatic carbocycles. The molecule has 0 radical (unpaired) electrons. The van der Waals surface area contributed by atoms with Crippen LogP contribution < -0.4 is 5.32 Å². The molecular weight excluding hydrogens is 337 g/mol. The fraction of sp³-hybridized carbons (Fsp3) is 0.467. The van der Waals surface area contributed by atoms with Gasteiger partial charge in [-0.2, -0.15) is 0 Å². The Kier molecular flexibility index (Phi) is 4.02. The number of benzene rings is 1. The lowest BCUT2D eigenvalue weighted by molar-refractivity contribution is 0.486. The maximum Gasteiger partial charge on any atom is 0.147 e. The van der Waals surface area contributed by atoms with E-state index in [2.05, 4.69) is 73.8 Å². The van der Waals surface area contributed by atoms with E-state index in [1.54, 1.807) is 0 Å². The van der Waals surface area contributed by atoms with Crippen molar-refractivity contribution in [3.63, 3.8) is 0 Å². The van der Waals surface area contributed by atoms with E-state index in [1.807, 2.05) is 0 Å². The molecule has 0 spiro atoms. The number of halogens is 1. The number of hydrogen-bond donors (Lipinski definition) is 1. The van der Waals surface area contributed by atoms with Crippen molar-refractivity contribution in [2.75, 3.05) is 6.54 Å². The van der Waals surface area contributed by atoms with Crippen LogP contribution in [0, 0.1) is 3.57 Å². The number of nitrogens with one attached hydrogen (secondary N) is 1. The van der Waals surface area contributed by atoms with Gasteiger partial charge in [-0.25, -0.2) is 0 Å². The highest BCUT2D eigenvalue weighted by molar-refractivity contribution is 14.1. The second kappa shape index (κ2) is 5.21. The standard InChI is InChI=1S/C15H20INO/c1-5-17-9-12-13(15(2,3)4)10-7-6-8-11(16)14(10)18-12/h6-8,17H,5,9H2,1-4H3. The van der Waals surface area contributed by atoms with E-state index >= 15 is 0 Å². The lowest BCUT2D eigenvalue weighted by atomic mass is 9.85. The predicted octanol–water partition coefficient (Wildman–Crippen LogP) is 4.44. The SMILES string of the molecule is CCNCc1oc2c(I)cccc2c1C(C)(C)C. The highest BCUT2D eigenvalue weighted by atomic mass is 127. The second-order valence-electron chi connectivity index (χ2n) is 5.55. The van der Waals surface area contributed by atoms with Crippen LogP contribution >= 0.6 is 22.6 Å². The van der Waals surface area contributed by atoms with E-state index in [0.717, 1.165) is 24.4 Å². The van der Waals surface area contributed by atoms with Gasteiger partial charge in [0.25, 0.3) is 0 Å². The summed E-state index contributed by atoms with van der Waals surface area (Å²) in [4.78, 5) is 0. The Morgan fingerprint density at radius 2 is 2.00 bits per heavy atom. The van der Waals surface area contributed by atoms with Crippen LogP contribution in [0.15, 0.2) is 22.6 Å². The van der Waals surface area contributed by atoms with E-state index in [9.17, 15) is 0 Å². The molecule has 0 bridgehead atoms. The van der Waals surface area contributed by atoms with Crippen molar-refractivity contribution in [3.05, 3.63) is 33.1 Å². The molecule has 0 amide bonds. The summed E-state index contributed by atoms with van der Waals surface area (Å²) in [5.41, 5.74) is 2.45. The number of fused-ring (bicyclic) bond motifs is 1. The topological polar surface area (TPSA) is 25.2 Å². The van der Waals surface area contributed by atoms with Crippen LogP contribution in [0.2, 0.25) is 0 Å². The predicted molar refractivity (Wildman–Crippen MR) is 85.0 cm³/mol. The van der Waals surface area contributed by atoms with Gasteiger partial charge in [0.05, 0.1) is 10.1 Å². The maximum atomic E-state index is 6.09. The molecule has 2 rings (SSSR count). The average molecular weight is 357 g/mol. The lowest BCUT2D eigenvalue weighted by Crippen LogP contribution is -2.18. The zero-order chi connectivity index (χ0) is 13.3. The summed E-state index contributed by atoms with van der Waals surface area (Å²) >= 11 is 2.34. The van der Waals surface area contributed by atoms with Crippen molar-refractivity contribution < 1.29 is 4.42 Å². The van der Waals surface area contributed by atoms with E-state index in [0.29, 0.717) is 0 Å². The number of hydrogen-bond acceptors (Lipinski definition) is 2. The zero-order valence-corrected chi connectivity index (χ0v) is 13.6. The highest BCUT2D eigenvalue weighted by Crippen LogP contribution is 2.37. The van der Waals surface area contributed by atoms with Crippen LogP contribution in [0.1, 0.15) is 39.0 Å². The van der Waals surface area contributed by atoms with Crippen LogP contribution in [0.4, 0.5) is 0 Å². The summed E-state index contributed by atoms with van der Waals surface area (Å²) in [5, 5.41) is 4.61. The summed E-state index contributed by atoms with van der Waals surface area (Å²) in [6.45, 7) is 10.6. The van der Waals surface area contributed by atoms with Crippen LogP contribution in [0.25, 0.3) is 11.0 Å². The smallest absolute Gasteiger partial charge is 0.147 e. The third-order valence-electron chi connectivity index (χ3n) is 3.03. The number of furan rings is 1. The second-order valence-corrected chi connectivity index (χ2v) is 6.71. The van der Waals surface area contributed by atoms with Crippen molar-refractivity contribution >= 4 is 33.6 Å². The van der Waals surface area contributed by atoms with Crippen LogP contribution in [0.3, 0.4) is 0 Å². The van der Waals surface area contributed by atoms with Gasteiger partial charge in [0, 0.05) is 10.9 Å². The molecule has 1 aromatic carbocycles. The van der Waals surface area contributed by atoms with Gasteiger partial charge in [0.1, 0.15) is 11.3 Å². The molecule has 2 nitrogen and oxygen atoms in total. The average Bonchev–Trinajstić information content (AvgIpc) is 2.66. The van der Waals surface area contributed by atoms with Crippen molar-refractivity contribution in [1.82, 2.24) is 5.32 Å². The molecule has 0 saturated carbocycles. The van der Waals surface area contributed by atoms with E-state index in [4.69, 9.17) is 4.42 Å². The normalized spacial score (nSPS) is 12.3. The minimum Gasteiger partial charge on any atom is -0.458 e. The van der Waals surface area contributed by atoms with Gasteiger partial charge in [-0.05, 0) is 40.6 Å². The van der Waals surface area contributed by atoms with Gasteiger partial charge in [-0.1, -0.05) is 39.8 Å². The van der Waals surface area contributed by atoms with Crippen LogP contribution in [-0.4, -0.2) is 6.54 Å². The first kappa shape index (κ1) is 13.9. The van der Waals surface area contributed by atoms with Gasteiger partial charge in [0.2, 0.25) is 0 Å². The minimum absolute atomic E-state index is 0.0977. The third-order valence-corrected chi connectivity index (χ3v) is 3.88. The number of para-hydroxylation sites is 1. The molecule has 2 aromatic rings. The Morgan fingerprint density at radius 1 is 1.28 bits per heavy atom. The molecule has 0 aliphatic heterocycles. The molecule has 0 atom stereocenters. The van der Waals surface area contributed by atoms with Crippen LogP contribution in [-0.2, 0) is 12.0 Å². The summed E-state index contributed by atoms with van der Waals surface area (Å²) in [5.74, 6) is 1.07. The first-order valence-corrected chi connectivity index (χ1v) is 7.44. The molecule has 3 heteroatoms. The molecular formula is C15H20INO. The van der Waals surface area contributed by atoms with Crippen molar-refractivity contribution in [3.8, 4) is 0 Å². The van der Waals surface area contributed by atoms with E-state index < -0.39 is 0 Å². The van der Waals surface area contributed by atoms with Crippen molar-refractivity contribution in [1.29, 1.82) is 0 Å². The molecule has 1 aromatic heterocycles. The molecule has 18 heavy (non-hydrogen) atoms. The molecule has 1 N–H and O–H groups in total. The van der Waals surface area contributed by atoms with Crippen molar-refractivity contribution in [2.24, 2.45) is 0 Å². The highest BCUT2D eigenvalue weighted by Gasteiger charge is 2.25. The minimum atomic E-state index is 0.0977. The summed E-state index contributed by atoms with van der Waals surface area (Å²) in [7, 11) is 0. The lowest BCUT2D eigenvalue weighted by Gasteiger charge is -2.19. The summed E-state index contributed by atoms with van der Waals surface area (Å²) < 4.78 is 7.27. The monoisotopic (exact) mass is 357 g/mol. The van der Waals surface area contributed by atoms with Gasteiger partial charge < -0.3 is 9.73 Å². The molecule has 0 saturated heterocycles. The van der Waals surface area contributed by atoms with Gasteiger partial charge in [-0.3, -0.25) is 0 Å². The van der Waals surface area contributed by atoms with Crippen LogP contribution in [0.5, 0.6) is 0 Å². The van der Waals surface area contributed by atoms with Gasteiger partial charge in [0.15, 0.2) is 0 Å². The number of rotatable bonds is 3. The molecule has 0 aliphatic rings.